The van der Waals surface area contributed by atoms with Crippen LogP contribution in [0.1, 0.15) is 71.9 Å². The fraction of sp³-hybridized carbons (Fsp3) is 0.541. The summed E-state index contributed by atoms with van der Waals surface area (Å²) in [5, 5.41) is 11.4. The summed E-state index contributed by atoms with van der Waals surface area (Å²) in [6.45, 7) is 11.0. The number of carbonyl (C=O) groups excluding carboxylic acids is 5. The molecule has 0 aliphatic rings. The zero-order valence-electron chi connectivity index (χ0n) is 29.5. The van der Waals surface area contributed by atoms with E-state index in [1.807, 2.05) is 88.4 Å². The van der Waals surface area contributed by atoms with Crippen molar-refractivity contribution < 1.29 is 28.7 Å². The molecule has 48 heavy (non-hydrogen) atoms. The van der Waals surface area contributed by atoms with Crippen molar-refractivity contribution in [2.45, 2.75) is 104 Å². The van der Waals surface area contributed by atoms with Gasteiger partial charge in [-0.15, -0.1) is 0 Å². The third-order valence-electron chi connectivity index (χ3n) is 8.54. The van der Waals surface area contributed by atoms with Crippen molar-refractivity contribution in [1.82, 2.24) is 21.3 Å². The fourth-order valence-electron chi connectivity index (χ4n) is 5.29. The molecule has 2 aromatic rings. The van der Waals surface area contributed by atoms with Crippen molar-refractivity contribution in [3.8, 4) is 0 Å². The Morgan fingerprint density at radius 1 is 0.688 bits per heavy atom. The second-order valence-electron chi connectivity index (χ2n) is 13.1. The molecule has 0 saturated heterocycles. The third-order valence-corrected chi connectivity index (χ3v) is 8.54. The highest BCUT2D eigenvalue weighted by Crippen LogP contribution is 2.14. The molecule has 2 rings (SSSR count). The Hall–Kier alpha value is -4.25. The zero-order chi connectivity index (χ0) is 35.8. The topological polar surface area (TPSA) is 169 Å². The SMILES string of the molecule is CC[C@H](C)[C@H](NC(=O)C[C@H](N)[C@H](Cc1ccccc1)NC(=O)[C@@H](NC(=O)CCc1ccccc1)C(C)C)C(=O)N[C@H](C(=O)OC)C(C)C. The van der Waals surface area contributed by atoms with Gasteiger partial charge in [0.05, 0.1) is 7.11 Å². The lowest BCUT2D eigenvalue weighted by Gasteiger charge is -2.30. The van der Waals surface area contributed by atoms with E-state index >= 15 is 0 Å². The summed E-state index contributed by atoms with van der Waals surface area (Å²) < 4.78 is 4.85. The summed E-state index contributed by atoms with van der Waals surface area (Å²) in [5.74, 6) is -2.84. The second-order valence-corrected chi connectivity index (χ2v) is 13.1. The molecule has 0 fully saturated rings. The predicted octanol–water partition coefficient (Wildman–Crippen LogP) is 3.05. The molecule has 0 spiro atoms. The van der Waals surface area contributed by atoms with Gasteiger partial charge in [0.25, 0.3) is 0 Å². The smallest absolute Gasteiger partial charge is 0.328 e. The number of methoxy groups -OCH3 is 1. The van der Waals surface area contributed by atoms with Crippen LogP contribution in [0.3, 0.4) is 0 Å². The molecule has 6 atom stereocenters. The van der Waals surface area contributed by atoms with Crippen LogP contribution in [0.25, 0.3) is 0 Å². The zero-order valence-corrected chi connectivity index (χ0v) is 29.5. The molecule has 0 aliphatic carbocycles. The van der Waals surface area contributed by atoms with Gasteiger partial charge in [0, 0.05) is 24.9 Å². The standard InChI is InChI=1S/C37H55N5O6/c1-8-25(6)34(36(46)42-33(24(4)5)37(47)48-7)41-31(44)22-28(38)29(21-27-17-13-10-14-18-27)39-35(45)32(23(2)3)40-30(43)20-19-26-15-11-9-12-16-26/h9-18,23-25,28-29,32-34H,8,19-22,38H2,1-7H3,(H,39,45)(H,40,43)(H,41,44)(H,42,46)/t25-,28-,29-,32-,33-,34-/m0/s1. The number of benzene rings is 2. The van der Waals surface area contributed by atoms with E-state index in [2.05, 4.69) is 21.3 Å². The van der Waals surface area contributed by atoms with Crippen molar-refractivity contribution in [1.29, 1.82) is 0 Å². The summed E-state index contributed by atoms with van der Waals surface area (Å²) in [7, 11) is 1.26. The maximum atomic E-state index is 13.6. The first-order valence-corrected chi connectivity index (χ1v) is 16.9. The van der Waals surface area contributed by atoms with Crippen LogP contribution in [-0.2, 0) is 41.6 Å². The van der Waals surface area contributed by atoms with Crippen molar-refractivity contribution in [2.24, 2.45) is 23.5 Å². The van der Waals surface area contributed by atoms with Crippen LogP contribution in [0.4, 0.5) is 0 Å². The van der Waals surface area contributed by atoms with Crippen molar-refractivity contribution in [3.63, 3.8) is 0 Å². The maximum absolute atomic E-state index is 13.6. The second kappa shape index (κ2) is 20.2. The lowest BCUT2D eigenvalue weighted by molar-refractivity contribution is -0.147. The van der Waals surface area contributed by atoms with Crippen molar-refractivity contribution in [2.75, 3.05) is 7.11 Å². The summed E-state index contributed by atoms with van der Waals surface area (Å²) in [5.41, 5.74) is 8.56. The van der Waals surface area contributed by atoms with Crippen molar-refractivity contribution >= 4 is 29.6 Å². The first-order chi connectivity index (χ1) is 22.8. The van der Waals surface area contributed by atoms with E-state index < -0.39 is 53.9 Å². The van der Waals surface area contributed by atoms with Gasteiger partial charge in [-0.25, -0.2) is 4.79 Å². The summed E-state index contributed by atoms with van der Waals surface area (Å²) >= 11 is 0. The van der Waals surface area contributed by atoms with Gasteiger partial charge in [-0.3, -0.25) is 19.2 Å². The predicted molar refractivity (Wildman–Crippen MR) is 186 cm³/mol. The minimum absolute atomic E-state index is 0.182. The number of ether oxygens (including phenoxy) is 1. The molecular formula is C37H55N5O6. The monoisotopic (exact) mass is 665 g/mol. The molecule has 0 heterocycles. The van der Waals surface area contributed by atoms with Crippen LogP contribution in [0, 0.1) is 17.8 Å². The fourth-order valence-corrected chi connectivity index (χ4v) is 5.29. The van der Waals surface area contributed by atoms with Gasteiger partial charge in [-0.05, 0) is 41.7 Å². The minimum Gasteiger partial charge on any atom is -0.467 e. The lowest BCUT2D eigenvalue weighted by atomic mass is 9.94. The van der Waals surface area contributed by atoms with E-state index in [1.54, 1.807) is 13.8 Å². The van der Waals surface area contributed by atoms with E-state index in [9.17, 15) is 24.0 Å². The molecule has 0 aliphatic heterocycles. The highest BCUT2D eigenvalue weighted by Gasteiger charge is 2.33. The van der Waals surface area contributed by atoms with E-state index in [-0.39, 0.29) is 36.5 Å². The molecule has 11 heteroatoms. The van der Waals surface area contributed by atoms with Crippen LogP contribution in [-0.4, -0.2) is 66.9 Å². The highest BCUT2D eigenvalue weighted by atomic mass is 16.5. The average Bonchev–Trinajstić information content (AvgIpc) is 3.06. The number of esters is 1. The Kier molecular flexibility index (Phi) is 16.8. The number of rotatable bonds is 19. The van der Waals surface area contributed by atoms with E-state index in [1.165, 1.54) is 7.11 Å². The molecule has 0 radical (unpaired) electrons. The van der Waals surface area contributed by atoms with Gasteiger partial charge >= 0.3 is 5.97 Å². The van der Waals surface area contributed by atoms with Gasteiger partial charge in [-0.1, -0.05) is 109 Å². The maximum Gasteiger partial charge on any atom is 0.328 e. The largest absolute Gasteiger partial charge is 0.467 e. The molecule has 6 N–H and O–H groups in total. The molecule has 0 unspecified atom stereocenters. The van der Waals surface area contributed by atoms with Gasteiger partial charge in [0.15, 0.2) is 0 Å². The number of hydrogen-bond donors (Lipinski definition) is 5. The van der Waals surface area contributed by atoms with E-state index in [0.717, 1.165) is 11.1 Å². The van der Waals surface area contributed by atoms with Crippen LogP contribution in [0.2, 0.25) is 0 Å². The Balaban J connectivity index is 2.18. The number of nitrogens with one attached hydrogen (secondary N) is 4. The number of nitrogens with two attached hydrogens (primary N) is 1. The summed E-state index contributed by atoms with van der Waals surface area (Å²) in [4.78, 5) is 65.5. The van der Waals surface area contributed by atoms with E-state index in [0.29, 0.717) is 19.3 Å². The van der Waals surface area contributed by atoms with Crippen LogP contribution >= 0.6 is 0 Å². The first-order valence-electron chi connectivity index (χ1n) is 16.9. The highest BCUT2D eigenvalue weighted by molar-refractivity contribution is 5.91. The average molecular weight is 666 g/mol. The van der Waals surface area contributed by atoms with Crippen LogP contribution in [0.5, 0.6) is 0 Å². The Morgan fingerprint density at radius 2 is 1.21 bits per heavy atom. The molecule has 0 aromatic heterocycles. The first kappa shape index (κ1) is 39.9. The number of hydrogen-bond acceptors (Lipinski definition) is 7. The quantitative estimate of drug-likeness (QED) is 0.144. The van der Waals surface area contributed by atoms with E-state index in [4.69, 9.17) is 10.5 Å². The number of aryl methyl sites for hydroxylation is 1. The van der Waals surface area contributed by atoms with Crippen LogP contribution < -0.4 is 27.0 Å². The molecule has 0 bridgehead atoms. The van der Waals surface area contributed by atoms with Gasteiger partial charge in [0.2, 0.25) is 23.6 Å². The van der Waals surface area contributed by atoms with Gasteiger partial charge < -0.3 is 31.7 Å². The molecule has 11 nitrogen and oxygen atoms in total. The minimum atomic E-state index is -0.917. The molecule has 2 aromatic carbocycles. The normalized spacial score (nSPS) is 15.0. The van der Waals surface area contributed by atoms with Crippen molar-refractivity contribution in [3.05, 3.63) is 71.8 Å². The number of carbonyl (C=O) groups is 5. The van der Waals surface area contributed by atoms with Gasteiger partial charge in [-0.2, -0.15) is 0 Å². The molecule has 4 amide bonds. The summed E-state index contributed by atoms with van der Waals surface area (Å²) in [6.07, 6.45) is 1.54. The Labute approximate surface area is 285 Å². The molecule has 264 valence electrons. The number of amides is 4. The van der Waals surface area contributed by atoms with Gasteiger partial charge in [0.1, 0.15) is 18.1 Å². The molecular weight excluding hydrogens is 610 g/mol. The Morgan fingerprint density at radius 3 is 1.73 bits per heavy atom. The lowest BCUT2D eigenvalue weighted by Crippen LogP contribution is -2.58. The third kappa shape index (κ3) is 13.1. The summed E-state index contributed by atoms with van der Waals surface area (Å²) in [6, 6.07) is 15.0. The molecule has 0 saturated carbocycles. The van der Waals surface area contributed by atoms with Crippen LogP contribution in [0.15, 0.2) is 60.7 Å². The Bertz CT molecular complexity index is 1320.